The molecule has 0 aromatic rings. The normalized spacial score (nSPS) is 11.8. The van der Waals surface area contributed by atoms with Crippen LogP contribution >= 0.6 is 0 Å². The first kappa shape index (κ1) is 30.9. The Labute approximate surface area is 166 Å². The monoisotopic (exact) mass is 444 g/mol. The summed E-state index contributed by atoms with van der Waals surface area (Å²) in [6, 6.07) is 0. The lowest BCUT2D eigenvalue weighted by molar-refractivity contribution is -0.170. The molecule has 0 saturated carbocycles. The average molecular weight is 444 g/mol. The molecule has 2 unspecified atom stereocenters. The maximum atomic E-state index is 10.3. The molecule has 0 aromatic heterocycles. The number of hydrogen-bond acceptors (Lipinski definition) is 9. The lowest BCUT2D eigenvalue weighted by Gasteiger charge is -2.18. The molecule has 0 aliphatic heterocycles. The number of aliphatic carboxylic acids is 7. The minimum atomic E-state index is -2.74. The van der Waals surface area contributed by atoms with Gasteiger partial charge in [0, 0.05) is 6.92 Å². The maximum absolute atomic E-state index is 10.3. The number of carboxylic acid groups (broad SMARTS) is 7. The van der Waals surface area contributed by atoms with Gasteiger partial charge in [-0.25, -0.2) is 9.59 Å². The SMILES string of the molecule is CC(=O)O.O=C(O)CC(C(=O)O)C(O)C(=O)O.O=C(O)CC(O)(CC(=O)O)C(=O)O. The highest BCUT2D eigenvalue weighted by Gasteiger charge is 2.40. The average Bonchev–Trinajstić information content (AvgIpc) is 2.49. The van der Waals surface area contributed by atoms with E-state index in [1.807, 2.05) is 0 Å². The topological polar surface area (TPSA) is 302 Å². The summed E-state index contributed by atoms with van der Waals surface area (Å²) in [7, 11) is 0. The van der Waals surface area contributed by atoms with E-state index in [-0.39, 0.29) is 0 Å². The van der Waals surface area contributed by atoms with Gasteiger partial charge in [0.2, 0.25) is 0 Å². The number of hydrogen-bond donors (Lipinski definition) is 9. The van der Waals surface area contributed by atoms with Crippen LogP contribution in [0, 0.1) is 5.92 Å². The summed E-state index contributed by atoms with van der Waals surface area (Å²) >= 11 is 0. The number of rotatable bonds is 10. The van der Waals surface area contributed by atoms with Crippen LogP contribution in [0.5, 0.6) is 0 Å². The number of carbonyl (C=O) groups is 7. The van der Waals surface area contributed by atoms with Gasteiger partial charge in [0.1, 0.15) is 5.92 Å². The highest BCUT2D eigenvalue weighted by atomic mass is 16.4. The predicted octanol–water partition coefficient (Wildman–Crippen LogP) is -2.55. The molecule has 16 heteroatoms. The molecule has 0 aromatic carbocycles. The van der Waals surface area contributed by atoms with E-state index in [9.17, 15) is 28.8 Å². The van der Waals surface area contributed by atoms with Gasteiger partial charge in [0.15, 0.2) is 11.7 Å². The molecular weight excluding hydrogens is 424 g/mol. The predicted molar refractivity (Wildman–Crippen MR) is 87.4 cm³/mol. The highest BCUT2D eigenvalue weighted by Crippen LogP contribution is 2.15. The lowest BCUT2D eigenvalue weighted by Crippen LogP contribution is -2.42. The van der Waals surface area contributed by atoms with Gasteiger partial charge in [-0.2, -0.15) is 0 Å². The fourth-order valence-corrected chi connectivity index (χ4v) is 1.41. The Kier molecular flexibility index (Phi) is 14.7. The second kappa shape index (κ2) is 14.2. The van der Waals surface area contributed by atoms with Crippen LogP contribution in [-0.4, -0.2) is 99.4 Å². The van der Waals surface area contributed by atoms with Crippen molar-refractivity contribution < 1.29 is 79.5 Å². The zero-order valence-electron chi connectivity index (χ0n) is 15.2. The molecule has 2 atom stereocenters. The van der Waals surface area contributed by atoms with Crippen molar-refractivity contribution in [3.63, 3.8) is 0 Å². The Bertz CT molecular complexity index is 645. The molecule has 0 heterocycles. The van der Waals surface area contributed by atoms with Crippen LogP contribution in [-0.2, 0) is 33.6 Å². The van der Waals surface area contributed by atoms with E-state index in [1.54, 1.807) is 0 Å². The summed E-state index contributed by atoms with van der Waals surface area (Å²) in [6.07, 6.45) is -5.42. The minimum absolute atomic E-state index is 0.833. The molecule has 0 radical (unpaired) electrons. The van der Waals surface area contributed by atoms with E-state index < -0.39 is 78.7 Å². The zero-order valence-corrected chi connectivity index (χ0v) is 15.2. The third-order valence-electron chi connectivity index (χ3n) is 2.63. The molecule has 0 rings (SSSR count). The van der Waals surface area contributed by atoms with Gasteiger partial charge in [-0.1, -0.05) is 0 Å². The fourth-order valence-electron chi connectivity index (χ4n) is 1.41. The van der Waals surface area contributed by atoms with E-state index in [2.05, 4.69) is 0 Å². The Morgan fingerprint density at radius 1 is 0.700 bits per heavy atom. The Hall–Kier alpha value is -3.79. The van der Waals surface area contributed by atoms with Crippen molar-refractivity contribution in [2.24, 2.45) is 5.92 Å². The summed E-state index contributed by atoms with van der Waals surface area (Å²) in [5, 5.41) is 74.7. The Balaban J connectivity index is -0.000000412. The standard InChI is InChI=1S/2C6H8O7.C2H4O2/c7-3(8)1-6(13,5(11)12)2-4(9)10;7-3(8)1-2(5(10)11)4(9)6(12)13;1-2(3)4/h13H,1-2H2,(H,7,8)(H,9,10)(H,11,12);2,4,9H,1H2,(H,7,8)(H,10,11)(H,12,13);1H3,(H,3,4). The van der Waals surface area contributed by atoms with Gasteiger partial charge in [0.05, 0.1) is 19.3 Å². The van der Waals surface area contributed by atoms with Crippen molar-refractivity contribution in [3.8, 4) is 0 Å². The number of aliphatic hydroxyl groups excluding tert-OH is 1. The molecule has 0 fully saturated rings. The van der Waals surface area contributed by atoms with Gasteiger partial charge in [-0.05, 0) is 0 Å². The summed E-state index contributed by atoms with van der Waals surface area (Å²) in [4.78, 5) is 70.0. The summed E-state index contributed by atoms with van der Waals surface area (Å²) in [5.74, 6) is -12.6. The van der Waals surface area contributed by atoms with Gasteiger partial charge in [0.25, 0.3) is 5.97 Å². The second-order valence-corrected chi connectivity index (χ2v) is 5.32. The summed E-state index contributed by atoms with van der Waals surface area (Å²) < 4.78 is 0. The van der Waals surface area contributed by atoms with Crippen LogP contribution in [0.1, 0.15) is 26.2 Å². The molecule has 16 nitrogen and oxygen atoms in total. The molecule has 0 aliphatic carbocycles. The molecule has 0 aliphatic rings. The molecular formula is C14H20O16. The maximum Gasteiger partial charge on any atom is 0.336 e. The van der Waals surface area contributed by atoms with Crippen LogP contribution < -0.4 is 0 Å². The third-order valence-corrected chi connectivity index (χ3v) is 2.63. The van der Waals surface area contributed by atoms with Gasteiger partial charge >= 0.3 is 35.8 Å². The summed E-state index contributed by atoms with van der Waals surface area (Å²) in [6.45, 7) is 1.08. The largest absolute Gasteiger partial charge is 0.481 e. The first-order valence-electron chi connectivity index (χ1n) is 7.31. The van der Waals surface area contributed by atoms with Crippen LogP contribution in [0.3, 0.4) is 0 Å². The molecule has 9 N–H and O–H groups in total. The van der Waals surface area contributed by atoms with Gasteiger partial charge < -0.3 is 46.0 Å². The molecule has 0 bridgehead atoms. The minimum Gasteiger partial charge on any atom is -0.481 e. The smallest absolute Gasteiger partial charge is 0.336 e. The van der Waals surface area contributed by atoms with Gasteiger partial charge in [-0.3, -0.25) is 24.0 Å². The molecule has 30 heavy (non-hydrogen) atoms. The molecule has 0 saturated heterocycles. The van der Waals surface area contributed by atoms with Crippen molar-refractivity contribution in [1.29, 1.82) is 0 Å². The highest BCUT2D eigenvalue weighted by molar-refractivity contribution is 5.88. The van der Waals surface area contributed by atoms with Crippen molar-refractivity contribution in [3.05, 3.63) is 0 Å². The van der Waals surface area contributed by atoms with E-state index in [0.29, 0.717) is 0 Å². The molecule has 172 valence electrons. The Morgan fingerprint density at radius 2 is 1.03 bits per heavy atom. The zero-order chi connectivity index (χ0) is 24.8. The summed E-state index contributed by atoms with van der Waals surface area (Å²) in [5.41, 5.74) is -2.74. The van der Waals surface area contributed by atoms with Crippen molar-refractivity contribution in [1.82, 2.24) is 0 Å². The quantitative estimate of drug-likeness (QED) is 0.167. The van der Waals surface area contributed by atoms with Crippen molar-refractivity contribution >= 4 is 41.8 Å². The fraction of sp³-hybridized carbons (Fsp3) is 0.500. The lowest BCUT2D eigenvalue weighted by atomic mass is 9.96. The third kappa shape index (κ3) is 16.4. The first-order valence-corrected chi connectivity index (χ1v) is 7.31. The van der Waals surface area contributed by atoms with Crippen molar-refractivity contribution in [2.75, 3.05) is 0 Å². The second-order valence-electron chi connectivity index (χ2n) is 5.32. The van der Waals surface area contributed by atoms with E-state index in [1.165, 1.54) is 0 Å². The Morgan fingerprint density at radius 3 is 1.20 bits per heavy atom. The van der Waals surface area contributed by atoms with Crippen LogP contribution in [0.2, 0.25) is 0 Å². The van der Waals surface area contributed by atoms with Crippen LogP contribution in [0.25, 0.3) is 0 Å². The van der Waals surface area contributed by atoms with E-state index >= 15 is 0 Å². The number of carboxylic acids is 7. The van der Waals surface area contributed by atoms with Crippen LogP contribution in [0.15, 0.2) is 0 Å². The number of aliphatic hydroxyl groups is 2. The van der Waals surface area contributed by atoms with Crippen molar-refractivity contribution in [2.45, 2.75) is 37.9 Å². The molecule has 0 spiro atoms. The first-order chi connectivity index (χ1) is 13.4. The van der Waals surface area contributed by atoms with E-state index in [0.717, 1.165) is 6.92 Å². The van der Waals surface area contributed by atoms with Gasteiger partial charge in [-0.15, -0.1) is 0 Å². The van der Waals surface area contributed by atoms with Crippen LogP contribution in [0.4, 0.5) is 0 Å². The molecule has 0 amide bonds. The van der Waals surface area contributed by atoms with E-state index in [4.69, 9.17) is 50.8 Å².